The number of rotatable bonds is 4. The van der Waals surface area contributed by atoms with Gasteiger partial charge in [0.2, 0.25) is 0 Å². The van der Waals surface area contributed by atoms with E-state index in [2.05, 4.69) is 5.32 Å². The van der Waals surface area contributed by atoms with Crippen molar-refractivity contribution in [2.24, 2.45) is 17.8 Å². The number of nitrogens with one attached hydrogen (secondary N) is 1. The molecule has 4 atom stereocenters. The molecular weight excluding hydrogens is 269 g/mol. The standard InChI is InChI=1S/C12H22NO5P/c14-12(15)11-6-10-5-8(3-4-19(16,17)18)1-2-9(10)7-13-11/h8-11,13H,1-7H2,(H,14,15)(H2,16,17,18)/t8-,9-,10+,11-/m0/s1. The molecule has 1 saturated heterocycles. The summed E-state index contributed by atoms with van der Waals surface area (Å²) in [5, 5.41) is 12.1. The Morgan fingerprint density at radius 1 is 1.21 bits per heavy atom. The largest absolute Gasteiger partial charge is 0.480 e. The van der Waals surface area contributed by atoms with Crippen molar-refractivity contribution in [3.05, 3.63) is 0 Å². The predicted octanol–water partition coefficient (Wildman–Crippen LogP) is 1.03. The van der Waals surface area contributed by atoms with Crippen LogP contribution < -0.4 is 5.32 Å². The molecule has 0 bridgehead atoms. The van der Waals surface area contributed by atoms with E-state index in [0.29, 0.717) is 30.6 Å². The molecule has 6 nitrogen and oxygen atoms in total. The van der Waals surface area contributed by atoms with Gasteiger partial charge in [-0.2, -0.15) is 0 Å². The molecule has 0 spiro atoms. The highest BCUT2D eigenvalue weighted by Gasteiger charge is 2.37. The van der Waals surface area contributed by atoms with Crippen molar-refractivity contribution in [1.82, 2.24) is 5.32 Å². The van der Waals surface area contributed by atoms with Gasteiger partial charge in [-0.1, -0.05) is 6.42 Å². The monoisotopic (exact) mass is 291 g/mol. The zero-order valence-electron chi connectivity index (χ0n) is 10.9. The van der Waals surface area contributed by atoms with Gasteiger partial charge in [-0.05, 0) is 50.0 Å². The summed E-state index contributed by atoms with van der Waals surface area (Å²) in [5.41, 5.74) is 0. The van der Waals surface area contributed by atoms with Crippen molar-refractivity contribution in [2.75, 3.05) is 12.7 Å². The van der Waals surface area contributed by atoms with Crippen molar-refractivity contribution in [1.29, 1.82) is 0 Å². The van der Waals surface area contributed by atoms with Gasteiger partial charge in [0.15, 0.2) is 0 Å². The Kier molecular flexibility index (Phi) is 4.66. The summed E-state index contributed by atoms with van der Waals surface area (Å²) in [6.45, 7) is 0.757. The lowest BCUT2D eigenvalue weighted by Gasteiger charge is -2.41. The molecule has 2 fully saturated rings. The summed E-state index contributed by atoms with van der Waals surface area (Å²) in [6.07, 6.45) is 4.10. The van der Waals surface area contributed by atoms with Gasteiger partial charge in [0.05, 0.1) is 6.16 Å². The number of carboxylic acid groups (broad SMARTS) is 1. The molecule has 0 aromatic rings. The van der Waals surface area contributed by atoms with E-state index >= 15 is 0 Å². The molecule has 2 aliphatic rings. The highest BCUT2D eigenvalue weighted by atomic mass is 31.2. The molecule has 1 heterocycles. The summed E-state index contributed by atoms with van der Waals surface area (Å²) in [6, 6.07) is -0.457. The zero-order valence-corrected chi connectivity index (χ0v) is 11.8. The van der Waals surface area contributed by atoms with E-state index in [1.54, 1.807) is 0 Å². The van der Waals surface area contributed by atoms with Crippen LogP contribution in [-0.2, 0) is 9.36 Å². The van der Waals surface area contributed by atoms with Gasteiger partial charge in [-0.25, -0.2) is 0 Å². The van der Waals surface area contributed by atoms with Crippen molar-refractivity contribution in [2.45, 2.75) is 38.1 Å². The molecule has 1 aliphatic carbocycles. The van der Waals surface area contributed by atoms with Gasteiger partial charge in [-0.15, -0.1) is 0 Å². The van der Waals surface area contributed by atoms with Gasteiger partial charge in [-0.3, -0.25) is 9.36 Å². The van der Waals surface area contributed by atoms with Gasteiger partial charge in [0, 0.05) is 0 Å². The summed E-state index contributed by atoms with van der Waals surface area (Å²) >= 11 is 0. The molecule has 4 N–H and O–H groups in total. The Balaban J connectivity index is 1.86. The van der Waals surface area contributed by atoms with E-state index in [0.717, 1.165) is 25.8 Å². The molecule has 1 aliphatic heterocycles. The van der Waals surface area contributed by atoms with Crippen LogP contribution in [0.4, 0.5) is 0 Å². The average molecular weight is 291 g/mol. The van der Waals surface area contributed by atoms with Crippen molar-refractivity contribution in [3.63, 3.8) is 0 Å². The van der Waals surface area contributed by atoms with Crippen LogP contribution in [0.1, 0.15) is 32.1 Å². The third-order valence-electron chi connectivity index (χ3n) is 4.54. The lowest BCUT2D eigenvalue weighted by molar-refractivity contribution is -0.141. The molecule has 7 heteroatoms. The Hall–Kier alpha value is -0.420. The topological polar surface area (TPSA) is 107 Å². The van der Waals surface area contributed by atoms with Crippen molar-refractivity contribution < 1.29 is 24.3 Å². The molecule has 0 aromatic carbocycles. The van der Waals surface area contributed by atoms with Crippen LogP contribution in [0.15, 0.2) is 0 Å². The van der Waals surface area contributed by atoms with Gasteiger partial charge in [0.1, 0.15) is 6.04 Å². The fourth-order valence-corrected chi connectivity index (χ4v) is 4.16. The number of fused-ring (bicyclic) bond motifs is 1. The maximum atomic E-state index is 11.0. The summed E-state index contributed by atoms with van der Waals surface area (Å²) in [5.74, 6) is 0.456. The molecule has 110 valence electrons. The minimum Gasteiger partial charge on any atom is -0.480 e. The van der Waals surface area contributed by atoms with E-state index in [-0.39, 0.29) is 6.16 Å². The SMILES string of the molecule is O=C(O)[C@@H]1C[C@H]2C[C@H](CCP(=O)(O)O)CC[C@H]2CN1. The average Bonchev–Trinajstić information content (AvgIpc) is 2.34. The number of hydrogen-bond donors (Lipinski definition) is 4. The highest BCUT2D eigenvalue weighted by Crippen LogP contribution is 2.43. The fraction of sp³-hybridized carbons (Fsp3) is 0.917. The molecule has 19 heavy (non-hydrogen) atoms. The van der Waals surface area contributed by atoms with Crippen LogP contribution in [0.2, 0.25) is 0 Å². The van der Waals surface area contributed by atoms with E-state index in [1.807, 2.05) is 0 Å². The summed E-state index contributed by atoms with van der Waals surface area (Å²) in [4.78, 5) is 28.8. The van der Waals surface area contributed by atoms with E-state index in [4.69, 9.17) is 14.9 Å². The first-order valence-corrected chi connectivity index (χ1v) is 8.65. The predicted molar refractivity (Wildman–Crippen MR) is 69.9 cm³/mol. The minimum absolute atomic E-state index is 0.0460. The van der Waals surface area contributed by atoms with Crippen LogP contribution in [0.25, 0.3) is 0 Å². The first-order valence-electron chi connectivity index (χ1n) is 6.86. The first kappa shape index (κ1) is 15.0. The second-order valence-corrected chi connectivity index (χ2v) is 7.69. The number of piperidine rings is 1. The minimum atomic E-state index is -3.90. The van der Waals surface area contributed by atoms with Crippen LogP contribution >= 0.6 is 7.60 Å². The molecule has 0 amide bonds. The highest BCUT2D eigenvalue weighted by molar-refractivity contribution is 7.51. The maximum absolute atomic E-state index is 11.0. The van der Waals surface area contributed by atoms with Crippen LogP contribution in [0, 0.1) is 17.8 Å². The van der Waals surface area contributed by atoms with Crippen molar-refractivity contribution >= 4 is 13.6 Å². The molecule has 1 saturated carbocycles. The summed E-state index contributed by atoms with van der Waals surface area (Å²) < 4.78 is 10.9. The Morgan fingerprint density at radius 2 is 1.95 bits per heavy atom. The normalized spacial score (nSPS) is 35.7. The lowest BCUT2D eigenvalue weighted by Crippen LogP contribution is -2.49. The van der Waals surface area contributed by atoms with E-state index in [9.17, 15) is 9.36 Å². The smallest absolute Gasteiger partial charge is 0.325 e. The second-order valence-electron chi connectivity index (χ2n) is 5.91. The zero-order chi connectivity index (χ0) is 14.0. The maximum Gasteiger partial charge on any atom is 0.325 e. The number of carboxylic acids is 1. The Labute approximate surface area is 112 Å². The van der Waals surface area contributed by atoms with Crippen LogP contribution in [-0.4, -0.2) is 39.6 Å². The third kappa shape index (κ3) is 4.28. The van der Waals surface area contributed by atoms with Crippen molar-refractivity contribution in [3.8, 4) is 0 Å². The first-order chi connectivity index (χ1) is 8.85. The number of aliphatic carboxylic acids is 1. The van der Waals surface area contributed by atoms with E-state index < -0.39 is 19.6 Å². The number of hydrogen-bond acceptors (Lipinski definition) is 3. The third-order valence-corrected chi connectivity index (χ3v) is 5.38. The van der Waals surface area contributed by atoms with Gasteiger partial charge < -0.3 is 20.2 Å². The molecule has 0 aromatic heterocycles. The molecular formula is C12H22NO5P. The van der Waals surface area contributed by atoms with Crippen LogP contribution in [0.3, 0.4) is 0 Å². The second kappa shape index (κ2) is 5.92. The summed E-state index contributed by atoms with van der Waals surface area (Å²) in [7, 11) is -3.90. The molecule has 0 unspecified atom stereocenters. The number of carbonyl (C=O) groups is 1. The molecule has 0 radical (unpaired) electrons. The molecule has 2 rings (SSSR count). The van der Waals surface area contributed by atoms with E-state index in [1.165, 1.54) is 0 Å². The Morgan fingerprint density at radius 3 is 2.58 bits per heavy atom. The fourth-order valence-electron chi connectivity index (χ4n) is 3.46. The quantitative estimate of drug-likeness (QED) is 0.576. The van der Waals surface area contributed by atoms with Crippen LogP contribution in [0.5, 0.6) is 0 Å². The lowest BCUT2D eigenvalue weighted by atomic mass is 9.69. The van der Waals surface area contributed by atoms with Gasteiger partial charge in [0.25, 0.3) is 0 Å². The Bertz CT molecular complexity index is 382. The van der Waals surface area contributed by atoms with Gasteiger partial charge >= 0.3 is 13.6 Å².